The first-order valence-electron chi connectivity index (χ1n) is 9.03. The maximum absolute atomic E-state index is 13.7. The third-order valence-electron chi connectivity index (χ3n) is 4.34. The summed E-state index contributed by atoms with van der Waals surface area (Å²) in [5.41, 5.74) is 1.84. The van der Waals surface area contributed by atoms with Crippen LogP contribution in [0.15, 0.2) is 60.8 Å². The van der Waals surface area contributed by atoms with Gasteiger partial charge in [0.15, 0.2) is 11.5 Å². The van der Waals surface area contributed by atoms with Crippen molar-refractivity contribution in [2.24, 2.45) is 0 Å². The molecule has 0 radical (unpaired) electrons. The Morgan fingerprint density at radius 3 is 2.55 bits per heavy atom. The third kappa shape index (κ3) is 5.22. The zero-order chi connectivity index (χ0) is 20.6. The van der Waals surface area contributed by atoms with Gasteiger partial charge in [-0.05, 0) is 35.9 Å². The summed E-state index contributed by atoms with van der Waals surface area (Å²) in [5.74, 6) is 1.20. The predicted octanol–water partition coefficient (Wildman–Crippen LogP) is 3.78. The number of hydrogen-bond acceptors (Lipinski definition) is 5. The van der Waals surface area contributed by atoms with Gasteiger partial charge in [-0.3, -0.25) is 4.79 Å². The second-order valence-electron chi connectivity index (χ2n) is 6.25. The van der Waals surface area contributed by atoms with Crippen LogP contribution >= 0.6 is 0 Å². The quantitative estimate of drug-likeness (QED) is 0.607. The van der Waals surface area contributed by atoms with E-state index in [0.29, 0.717) is 35.0 Å². The maximum Gasteiger partial charge on any atom is 0.251 e. The third-order valence-corrected chi connectivity index (χ3v) is 4.34. The number of hydrogen-bond donors (Lipinski definition) is 2. The van der Waals surface area contributed by atoms with E-state index in [1.807, 2.05) is 18.2 Å². The number of methoxy groups -OCH3 is 2. The minimum atomic E-state index is -0.347. The minimum Gasteiger partial charge on any atom is -0.493 e. The normalized spacial score (nSPS) is 10.3. The van der Waals surface area contributed by atoms with Gasteiger partial charge in [0.25, 0.3) is 5.91 Å². The van der Waals surface area contributed by atoms with Gasteiger partial charge in [0.1, 0.15) is 11.6 Å². The van der Waals surface area contributed by atoms with E-state index >= 15 is 0 Å². The van der Waals surface area contributed by atoms with Gasteiger partial charge in [-0.25, -0.2) is 9.37 Å². The first kappa shape index (κ1) is 20.1. The maximum atomic E-state index is 13.7. The topological polar surface area (TPSA) is 72.5 Å². The monoisotopic (exact) mass is 395 g/mol. The molecule has 3 aromatic rings. The Morgan fingerprint density at radius 1 is 1.00 bits per heavy atom. The fourth-order valence-electron chi connectivity index (χ4n) is 2.77. The summed E-state index contributed by atoms with van der Waals surface area (Å²) in [5, 5.41) is 5.90. The largest absolute Gasteiger partial charge is 0.493 e. The molecule has 0 bridgehead atoms. The standard InChI is InChI=1S/C22H22FN3O3/c1-28-19-8-7-15(11-20(19)29-2)13-25-21-12-16(9-10-24-21)22(27)26-14-17-5-3-4-6-18(17)23/h3-12H,13-14H2,1-2H3,(H,24,25)(H,26,27). The second-order valence-corrected chi connectivity index (χ2v) is 6.25. The highest BCUT2D eigenvalue weighted by Crippen LogP contribution is 2.27. The summed E-state index contributed by atoms with van der Waals surface area (Å²) in [4.78, 5) is 16.6. The van der Waals surface area contributed by atoms with Crippen molar-refractivity contribution in [1.29, 1.82) is 0 Å². The number of carbonyl (C=O) groups excluding carboxylic acids is 1. The lowest BCUT2D eigenvalue weighted by Gasteiger charge is -2.11. The zero-order valence-corrected chi connectivity index (χ0v) is 16.2. The van der Waals surface area contributed by atoms with Crippen LogP contribution in [-0.2, 0) is 13.1 Å². The molecule has 7 heteroatoms. The van der Waals surface area contributed by atoms with E-state index in [-0.39, 0.29) is 18.3 Å². The van der Waals surface area contributed by atoms with Crippen LogP contribution in [0.3, 0.4) is 0 Å². The molecule has 2 N–H and O–H groups in total. The zero-order valence-electron chi connectivity index (χ0n) is 16.2. The lowest BCUT2D eigenvalue weighted by atomic mass is 10.2. The van der Waals surface area contributed by atoms with Crippen molar-refractivity contribution in [2.75, 3.05) is 19.5 Å². The van der Waals surface area contributed by atoms with Crippen LogP contribution < -0.4 is 20.1 Å². The Kier molecular flexibility index (Phi) is 6.63. The number of ether oxygens (including phenoxy) is 2. The minimum absolute atomic E-state index is 0.113. The number of benzene rings is 2. The molecule has 6 nitrogen and oxygen atoms in total. The van der Waals surface area contributed by atoms with Crippen LogP contribution in [0.1, 0.15) is 21.5 Å². The molecular formula is C22H22FN3O3. The molecular weight excluding hydrogens is 373 g/mol. The number of nitrogens with one attached hydrogen (secondary N) is 2. The molecule has 0 aliphatic rings. The number of pyridine rings is 1. The molecule has 0 saturated carbocycles. The van der Waals surface area contributed by atoms with Crippen molar-refractivity contribution in [2.45, 2.75) is 13.1 Å². The van der Waals surface area contributed by atoms with E-state index < -0.39 is 0 Å². The first-order valence-corrected chi connectivity index (χ1v) is 9.03. The molecule has 3 rings (SSSR count). The van der Waals surface area contributed by atoms with Crippen LogP contribution in [0, 0.1) is 5.82 Å². The molecule has 0 aliphatic carbocycles. The molecule has 0 fully saturated rings. The van der Waals surface area contributed by atoms with Crippen molar-refractivity contribution in [3.8, 4) is 11.5 Å². The number of aromatic nitrogens is 1. The number of anilines is 1. The Bertz CT molecular complexity index is 995. The smallest absolute Gasteiger partial charge is 0.251 e. The number of carbonyl (C=O) groups is 1. The van der Waals surface area contributed by atoms with Gasteiger partial charge in [0.2, 0.25) is 0 Å². The van der Waals surface area contributed by atoms with Gasteiger partial charge in [0.05, 0.1) is 14.2 Å². The second kappa shape index (κ2) is 9.54. The molecule has 1 heterocycles. The fraction of sp³-hybridized carbons (Fsp3) is 0.182. The van der Waals surface area contributed by atoms with Crippen LogP contribution in [0.2, 0.25) is 0 Å². The average molecular weight is 395 g/mol. The van der Waals surface area contributed by atoms with E-state index in [2.05, 4.69) is 15.6 Å². The lowest BCUT2D eigenvalue weighted by Crippen LogP contribution is -2.23. The molecule has 0 spiro atoms. The fourth-order valence-corrected chi connectivity index (χ4v) is 2.77. The number of amides is 1. The van der Waals surface area contributed by atoms with Gasteiger partial charge in [0, 0.05) is 30.4 Å². The molecule has 0 saturated heterocycles. The molecule has 0 unspecified atom stereocenters. The average Bonchev–Trinajstić information content (AvgIpc) is 2.76. The first-order chi connectivity index (χ1) is 14.1. The van der Waals surface area contributed by atoms with Crippen molar-refractivity contribution >= 4 is 11.7 Å². The van der Waals surface area contributed by atoms with Gasteiger partial charge in [-0.1, -0.05) is 24.3 Å². The van der Waals surface area contributed by atoms with Gasteiger partial charge < -0.3 is 20.1 Å². The number of nitrogens with zero attached hydrogens (tertiary/aromatic N) is 1. The number of halogens is 1. The molecule has 2 aromatic carbocycles. The van der Waals surface area contributed by atoms with E-state index in [0.717, 1.165) is 5.56 Å². The highest BCUT2D eigenvalue weighted by molar-refractivity contribution is 5.94. The van der Waals surface area contributed by atoms with Crippen LogP contribution in [-0.4, -0.2) is 25.1 Å². The highest BCUT2D eigenvalue weighted by Gasteiger charge is 2.09. The summed E-state index contributed by atoms with van der Waals surface area (Å²) in [6, 6.07) is 15.2. The van der Waals surface area contributed by atoms with Crippen molar-refractivity contribution in [3.05, 3.63) is 83.3 Å². The van der Waals surface area contributed by atoms with E-state index in [1.165, 1.54) is 6.07 Å². The Morgan fingerprint density at radius 2 is 1.79 bits per heavy atom. The summed E-state index contributed by atoms with van der Waals surface area (Å²) in [6.45, 7) is 0.607. The molecule has 0 atom stereocenters. The Labute approximate surface area is 168 Å². The summed E-state index contributed by atoms with van der Waals surface area (Å²) in [7, 11) is 3.17. The highest BCUT2D eigenvalue weighted by atomic mass is 19.1. The van der Waals surface area contributed by atoms with Crippen molar-refractivity contribution in [1.82, 2.24) is 10.3 Å². The Hall–Kier alpha value is -3.61. The van der Waals surface area contributed by atoms with Gasteiger partial charge in [-0.2, -0.15) is 0 Å². The van der Waals surface area contributed by atoms with E-state index in [9.17, 15) is 9.18 Å². The van der Waals surface area contributed by atoms with Crippen molar-refractivity contribution < 1.29 is 18.7 Å². The van der Waals surface area contributed by atoms with Gasteiger partial charge in [-0.15, -0.1) is 0 Å². The molecule has 150 valence electrons. The summed E-state index contributed by atoms with van der Waals surface area (Å²) in [6.07, 6.45) is 1.55. The van der Waals surface area contributed by atoms with Crippen LogP contribution in [0.25, 0.3) is 0 Å². The Balaban J connectivity index is 1.62. The van der Waals surface area contributed by atoms with E-state index in [1.54, 1.807) is 50.7 Å². The predicted molar refractivity (Wildman–Crippen MR) is 109 cm³/mol. The van der Waals surface area contributed by atoms with Crippen molar-refractivity contribution in [3.63, 3.8) is 0 Å². The molecule has 1 amide bonds. The molecule has 1 aromatic heterocycles. The lowest BCUT2D eigenvalue weighted by molar-refractivity contribution is 0.0950. The van der Waals surface area contributed by atoms with Crippen LogP contribution in [0.5, 0.6) is 11.5 Å². The summed E-state index contributed by atoms with van der Waals surface area (Å²) >= 11 is 0. The molecule has 29 heavy (non-hydrogen) atoms. The number of rotatable bonds is 8. The molecule has 0 aliphatic heterocycles. The van der Waals surface area contributed by atoms with Crippen LogP contribution in [0.4, 0.5) is 10.2 Å². The van der Waals surface area contributed by atoms with Gasteiger partial charge >= 0.3 is 0 Å². The summed E-state index contributed by atoms with van der Waals surface area (Å²) < 4.78 is 24.2. The van der Waals surface area contributed by atoms with E-state index in [4.69, 9.17) is 9.47 Å². The SMILES string of the molecule is COc1ccc(CNc2cc(C(=O)NCc3ccccc3F)ccn2)cc1OC.